The molecule has 7 heteroatoms. The second-order valence-electron chi connectivity index (χ2n) is 5.22. The van der Waals surface area contributed by atoms with E-state index in [4.69, 9.17) is 22.1 Å². The minimum absolute atomic E-state index is 0.291. The average Bonchev–Trinajstić information content (AvgIpc) is 2.95. The molecule has 22 heavy (non-hydrogen) atoms. The summed E-state index contributed by atoms with van der Waals surface area (Å²) in [5.41, 5.74) is 6.23. The molecule has 120 valence electrons. The molecule has 1 saturated heterocycles. The van der Waals surface area contributed by atoms with Crippen molar-refractivity contribution in [2.75, 3.05) is 19.7 Å². The molecule has 1 unspecified atom stereocenters. The molecule has 1 fully saturated rings. The van der Waals surface area contributed by atoms with Crippen molar-refractivity contribution >= 4 is 23.5 Å². The van der Waals surface area contributed by atoms with E-state index in [-0.39, 0.29) is 6.03 Å². The standard InChI is InChI=1S/C15H20ClN3O3/c1-10-4-2-5-11(16)13(10)22-9-7-18-15(21)19-8-3-6-12(19)14(17)20/h2,4-5,12H,3,6-9H2,1H3,(H2,17,20)(H,18,21). The molecule has 1 aromatic carbocycles. The van der Waals surface area contributed by atoms with Gasteiger partial charge in [0.2, 0.25) is 5.91 Å². The highest BCUT2D eigenvalue weighted by atomic mass is 35.5. The number of para-hydroxylation sites is 1. The first-order valence-electron chi connectivity index (χ1n) is 7.22. The Hall–Kier alpha value is -1.95. The Balaban J connectivity index is 1.79. The summed E-state index contributed by atoms with van der Waals surface area (Å²) in [5, 5.41) is 3.27. The molecule has 3 N–H and O–H groups in total. The van der Waals surface area contributed by atoms with Crippen molar-refractivity contribution in [1.29, 1.82) is 0 Å². The maximum absolute atomic E-state index is 12.0. The predicted octanol–water partition coefficient (Wildman–Crippen LogP) is 1.69. The Morgan fingerprint density at radius 1 is 1.50 bits per heavy atom. The summed E-state index contributed by atoms with van der Waals surface area (Å²) in [6, 6.07) is 4.71. The normalized spacial score (nSPS) is 17.4. The van der Waals surface area contributed by atoms with E-state index in [9.17, 15) is 9.59 Å². The van der Waals surface area contributed by atoms with Crippen molar-refractivity contribution in [1.82, 2.24) is 10.2 Å². The molecule has 1 aromatic rings. The molecule has 0 bridgehead atoms. The fourth-order valence-corrected chi connectivity index (χ4v) is 2.79. The lowest BCUT2D eigenvalue weighted by Gasteiger charge is -2.22. The number of benzene rings is 1. The highest BCUT2D eigenvalue weighted by Gasteiger charge is 2.32. The van der Waals surface area contributed by atoms with Gasteiger partial charge in [-0.3, -0.25) is 4.79 Å². The molecule has 0 spiro atoms. The summed E-state index contributed by atoms with van der Waals surface area (Å²) in [6.07, 6.45) is 1.41. The number of nitrogens with one attached hydrogen (secondary N) is 1. The number of nitrogens with zero attached hydrogens (tertiary/aromatic N) is 1. The number of likely N-dealkylation sites (tertiary alicyclic amines) is 1. The van der Waals surface area contributed by atoms with Crippen molar-refractivity contribution in [2.45, 2.75) is 25.8 Å². The van der Waals surface area contributed by atoms with Crippen molar-refractivity contribution in [3.05, 3.63) is 28.8 Å². The van der Waals surface area contributed by atoms with Gasteiger partial charge in [-0.2, -0.15) is 0 Å². The van der Waals surface area contributed by atoms with Crippen LogP contribution in [0, 0.1) is 6.92 Å². The summed E-state index contributed by atoms with van der Waals surface area (Å²) < 4.78 is 5.60. The molecule has 1 heterocycles. The minimum atomic E-state index is -0.508. The summed E-state index contributed by atoms with van der Waals surface area (Å²) in [7, 11) is 0. The molecule has 2 rings (SSSR count). The zero-order chi connectivity index (χ0) is 16.1. The molecule has 1 aliphatic heterocycles. The fraction of sp³-hybridized carbons (Fsp3) is 0.467. The molecular weight excluding hydrogens is 306 g/mol. The minimum Gasteiger partial charge on any atom is -0.490 e. The van der Waals surface area contributed by atoms with Gasteiger partial charge in [-0.1, -0.05) is 23.7 Å². The van der Waals surface area contributed by atoms with Crippen molar-refractivity contribution in [2.24, 2.45) is 5.73 Å². The van der Waals surface area contributed by atoms with Gasteiger partial charge in [0.25, 0.3) is 0 Å². The number of amides is 3. The molecule has 0 saturated carbocycles. The highest BCUT2D eigenvalue weighted by Crippen LogP contribution is 2.27. The maximum atomic E-state index is 12.0. The topological polar surface area (TPSA) is 84.7 Å². The average molecular weight is 326 g/mol. The van der Waals surface area contributed by atoms with E-state index in [0.717, 1.165) is 12.0 Å². The second-order valence-corrected chi connectivity index (χ2v) is 5.63. The number of aryl methyl sites for hydroxylation is 1. The van der Waals surface area contributed by atoms with Crippen LogP contribution in [0.5, 0.6) is 5.75 Å². The molecule has 1 aliphatic rings. The Morgan fingerprint density at radius 2 is 2.27 bits per heavy atom. The number of primary amides is 1. The number of hydrogen-bond acceptors (Lipinski definition) is 3. The summed E-state index contributed by atoms with van der Waals surface area (Å²) in [5.74, 6) is 0.158. The molecule has 1 atom stereocenters. The van der Waals surface area contributed by atoms with Crippen LogP contribution in [-0.2, 0) is 4.79 Å². The van der Waals surface area contributed by atoms with Crippen LogP contribution in [0.2, 0.25) is 5.02 Å². The third kappa shape index (κ3) is 3.82. The lowest BCUT2D eigenvalue weighted by Crippen LogP contribution is -2.48. The number of halogens is 1. The Bertz CT molecular complexity index is 545. The number of nitrogens with two attached hydrogens (primary N) is 1. The fourth-order valence-electron chi connectivity index (χ4n) is 2.52. The number of urea groups is 1. The number of hydrogen-bond donors (Lipinski definition) is 2. The molecule has 3 amide bonds. The van der Waals surface area contributed by atoms with Gasteiger partial charge < -0.3 is 20.7 Å². The van der Waals surface area contributed by atoms with E-state index in [2.05, 4.69) is 5.32 Å². The van der Waals surface area contributed by atoms with Crippen LogP contribution in [0.3, 0.4) is 0 Å². The smallest absolute Gasteiger partial charge is 0.318 e. The largest absolute Gasteiger partial charge is 0.490 e. The Morgan fingerprint density at radius 3 is 2.95 bits per heavy atom. The van der Waals surface area contributed by atoms with E-state index < -0.39 is 11.9 Å². The lowest BCUT2D eigenvalue weighted by atomic mass is 10.2. The van der Waals surface area contributed by atoms with Crippen LogP contribution in [0.4, 0.5) is 4.79 Å². The summed E-state index contributed by atoms with van der Waals surface area (Å²) in [6.45, 7) is 3.07. The van der Waals surface area contributed by atoms with Crippen molar-refractivity contribution in [3.63, 3.8) is 0 Å². The van der Waals surface area contributed by atoms with Gasteiger partial charge in [-0.05, 0) is 31.4 Å². The SMILES string of the molecule is Cc1cccc(Cl)c1OCCNC(=O)N1CCCC1C(N)=O. The van der Waals surface area contributed by atoms with E-state index >= 15 is 0 Å². The van der Waals surface area contributed by atoms with Crippen molar-refractivity contribution in [3.8, 4) is 5.75 Å². The third-order valence-electron chi connectivity index (χ3n) is 3.63. The van der Waals surface area contributed by atoms with E-state index in [1.165, 1.54) is 4.90 Å². The lowest BCUT2D eigenvalue weighted by molar-refractivity contribution is -0.121. The molecule has 6 nitrogen and oxygen atoms in total. The zero-order valence-corrected chi connectivity index (χ0v) is 13.2. The van der Waals surface area contributed by atoms with Gasteiger partial charge in [-0.25, -0.2) is 4.79 Å². The third-order valence-corrected chi connectivity index (χ3v) is 3.93. The highest BCUT2D eigenvalue weighted by molar-refractivity contribution is 6.32. The van der Waals surface area contributed by atoms with Crippen LogP contribution >= 0.6 is 11.6 Å². The first-order chi connectivity index (χ1) is 10.5. The van der Waals surface area contributed by atoms with Gasteiger partial charge in [0, 0.05) is 6.54 Å². The number of rotatable bonds is 5. The Kier molecular flexibility index (Phi) is 5.49. The molecular formula is C15H20ClN3O3. The van der Waals surface area contributed by atoms with Gasteiger partial charge in [0.1, 0.15) is 18.4 Å². The number of carbonyl (C=O) groups excluding carboxylic acids is 2. The number of carbonyl (C=O) groups is 2. The first-order valence-corrected chi connectivity index (χ1v) is 7.60. The first kappa shape index (κ1) is 16.4. The van der Waals surface area contributed by atoms with Crippen LogP contribution in [0.25, 0.3) is 0 Å². The molecule has 0 radical (unpaired) electrons. The van der Waals surface area contributed by atoms with Crippen molar-refractivity contribution < 1.29 is 14.3 Å². The van der Waals surface area contributed by atoms with Gasteiger partial charge in [0.15, 0.2) is 0 Å². The van der Waals surface area contributed by atoms with Crippen LogP contribution < -0.4 is 15.8 Å². The molecule has 0 aromatic heterocycles. The predicted molar refractivity (Wildman–Crippen MR) is 84.0 cm³/mol. The molecule has 0 aliphatic carbocycles. The second kappa shape index (κ2) is 7.35. The van der Waals surface area contributed by atoms with Crippen LogP contribution in [0.1, 0.15) is 18.4 Å². The van der Waals surface area contributed by atoms with Gasteiger partial charge in [-0.15, -0.1) is 0 Å². The van der Waals surface area contributed by atoms with E-state index in [1.807, 2.05) is 19.1 Å². The van der Waals surface area contributed by atoms with Crippen LogP contribution in [0.15, 0.2) is 18.2 Å². The quantitative estimate of drug-likeness (QED) is 0.808. The maximum Gasteiger partial charge on any atom is 0.318 e. The van der Waals surface area contributed by atoms with Gasteiger partial charge in [0.05, 0.1) is 11.6 Å². The number of ether oxygens (including phenoxy) is 1. The van der Waals surface area contributed by atoms with E-state index in [1.54, 1.807) is 6.07 Å². The summed E-state index contributed by atoms with van der Waals surface area (Å²) >= 11 is 6.06. The van der Waals surface area contributed by atoms with Crippen LogP contribution in [-0.4, -0.2) is 42.6 Å². The van der Waals surface area contributed by atoms with Gasteiger partial charge >= 0.3 is 6.03 Å². The monoisotopic (exact) mass is 325 g/mol. The summed E-state index contributed by atoms with van der Waals surface area (Å²) in [4.78, 5) is 24.8. The zero-order valence-electron chi connectivity index (χ0n) is 12.5. The Labute approximate surface area is 134 Å². The van der Waals surface area contributed by atoms with E-state index in [0.29, 0.717) is 36.9 Å².